The number of aryl methyl sites for hydroxylation is 1. The van der Waals surface area contributed by atoms with E-state index >= 15 is 0 Å². The van der Waals surface area contributed by atoms with Crippen molar-refractivity contribution in [1.29, 1.82) is 0 Å². The monoisotopic (exact) mass is 290 g/mol. The Hall–Kier alpha value is -2.08. The Morgan fingerprint density at radius 1 is 1.48 bits per heavy atom. The smallest absolute Gasteiger partial charge is 0.437 e. The van der Waals surface area contributed by atoms with Gasteiger partial charge < -0.3 is 14.3 Å². The molecule has 0 unspecified atom stereocenters. The molecule has 1 saturated carbocycles. The first-order valence-electron chi connectivity index (χ1n) is 7.09. The average Bonchev–Trinajstić information content (AvgIpc) is 3.26. The van der Waals surface area contributed by atoms with Gasteiger partial charge in [0.2, 0.25) is 5.89 Å². The van der Waals surface area contributed by atoms with Crippen LogP contribution in [0.25, 0.3) is 11.5 Å². The van der Waals surface area contributed by atoms with Gasteiger partial charge in [0.25, 0.3) is 0 Å². The van der Waals surface area contributed by atoms with Crippen LogP contribution in [0.15, 0.2) is 21.3 Å². The van der Waals surface area contributed by atoms with Crippen molar-refractivity contribution in [3.8, 4) is 17.2 Å². The van der Waals surface area contributed by atoms with Gasteiger partial charge in [-0.3, -0.25) is 0 Å². The van der Waals surface area contributed by atoms with Crippen LogP contribution < -0.4 is 10.5 Å². The molecule has 0 atom stereocenters. The highest BCUT2D eigenvalue weighted by atomic mass is 16.5. The molecule has 2 aromatic rings. The molecular weight excluding hydrogens is 272 g/mol. The van der Waals surface area contributed by atoms with Crippen LogP contribution in [0.5, 0.6) is 5.75 Å². The molecule has 0 radical (unpaired) electrons. The van der Waals surface area contributed by atoms with Gasteiger partial charge in [0, 0.05) is 18.2 Å². The SMILES string of the molecule is CCOc1cc(-c2nn(C)c(=O)o2)c(C2CC2)cc1CO. The number of benzene rings is 1. The van der Waals surface area contributed by atoms with Crippen LogP contribution in [0, 0.1) is 0 Å². The first-order valence-corrected chi connectivity index (χ1v) is 7.09. The fourth-order valence-electron chi connectivity index (χ4n) is 2.43. The molecule has 0 amide bonds. The molecule has 112 valence electrons. The van der Waals surface area contributed by atoms with Crippen LogP contribution in [0.4, 0.5) is 0 Å². The van der Waals surface area contributed by atoms with Crippen molar-refractivity contribution >= 4 is 0 Å². The Bertz CT molecular complexity index is 713. The zero-order chi connectivity index (χ0) is 15.0. The summed E-state index contributed by atoms with van der Waals surface area (Å²) in [5.74, 6) is 0.853. The summed E-state index contributed by atoms with van der Waals surface area (Å²) in [5, 5.41) is 13.6. The van der Waals surface area contributed by atoms with Crippen LogP contribution in [0.3, 0.4) is 0 Å². The largest absolute Gasteiger partial charge is 0.493 e. The quantitative estimate of drug-likeness (QED) is 0.908. The Morgan fingerprint density at radius 3 is 2.76 bits per heavy atom. The summed E-state index contributed by atoms with van der Waals surface area (Å²) in [6.45, 7) is 2.30. The van der Waals surface area contributed by atoms with Gasteiger partial charge in [0.1, 0.15) is 5.75 Å². The highest BCUT2D eigenvalue weighted by molar-refractivity contribution is 5.64. The van der Waals surface area contributed by atoms with Crippen LogP contribution in [0.2, 0.25) is 0 Å². The Balaban J connectivity index is 2.16. The molecule has 1 aromatic carbocycles. The van der Waals surface area contributed by atoms with Gasteiger partial charge in [-0.15, -0.1) is 5.10 Å². The third-order valence-electron chi connectivity index (χ3n) is 3.64. The summed E-state index contributed by atoms with van der Waals surface area (Å²) in [6.07, 6.45) is 2.20. The van der Waals surface area contributed by atoms with E-state index in [1.54, 1.807) is 7.05 Å². The molecular formula is C15H18N2O4. The van der Waals surface area contributed by atoms with E-state index in [0.717, 1.165) is 29.5 Å². The van der Waals surface area contributed by atoms with Gasteiger partial charge >= 0.3 is 5.76 Å². The number of rotatable bonds is 5. The number of aliphatic hydroxyl groups is 1. The number of ether oxygens (including phenoxy) is 1. The number of hydrogen-bond acceptors (Lipinski definition) is 5. The van der Waals surface area contributed by atoms with Gasteiger partial charge in [-0.05, 0) is 43.4 Å². The molecule has 21 heavy (non-hydrogen) atoms. The van der Waals surface area contributed by atoms with E-state index in [0.29, 0.717) is 24.2 Å². The maximum atomic E-state index is 11.5. The van der Waals surface area contributed by atoms with Crippen LogP contribution >= 0.6 is 0 Å². The lowest BCUT2D eigenvalue weighted by molar-refractivity contribution is 0.267. The highest BCUT2D eigenvalue weighted by Crippen LogP contribution is 2.46. The molecule has 1 aromatic heterocycles. The molecule has 3 rings (SSSR count). The van der Waals surface area contributed by atoms with E-state index in [4.69, 9.17) is 9.15 Å². The number of aromatic nitrogens is 2. The lowest BCUT2D eigenvalue weighted by Gasteiger charge is -2.13. The zero-order valence-corrected chi connectivity index (χ0v) is 12.1. The maximum absolute atomic E-state index is 11.5. The molecule has 6 heteroatoms. The van der Waals surface area contributed by atoms with Crippen molar-refractivity contribution in [2.75, 3.05) is 6.61 Å². The number of nitrogens with zero attached hydrogens (tertiary/aromatic N) is 2. The molecule has 0 bridgehead atoms. The Morgan fingerprint density at radius 2 is 2.24 bits per heavy atom. The third-order valence-corrected chi connectivity index (χ3v) is 3.64. The van der Waals surface area contributed by atoms with Crippen molar-refractivity contribution in [2.45, 2.75) is 32.3 Å². The molecule has 1 aliphatic carbocycles. The minimum Gasteiger partial charge on any atom is -0.493 e. The molecule has 1 N–H and O–H groups in total. The lowest BCUT2D eigenvalue weighted by atomic mass is 9.99. The predicted octanol–water partition coefficient (Wildman–Crippen LogP) is 1.81. The van der Waals surface area contributed by atoms with Gasteiger partial charge in [0.05, 0.1) is 13.2 Å². The highest BCUT2D eigenvalue weighted by Gasteiger charge is 2.29. The van der Waals surface area contributed by atoms with E-state index in [2.05, 4.69) is 5.10 Å². The van der Waals surface area contributed by atoms with Gasteiger partial charge in [0.15, 0.2) is 0 Å². The first-order chi connectivity index (χ1) is 10.1. The topological polar surface area (TPSA) is 77.5 Å². The standard InChI is InChI=1S/C15H18N2O4/c1-3-20-13-7-12(14-16-17(2)15(19)21-14)11(9-4-5-9)6-10(13)8-18/h6-7,9,18H,3-5,8H2,1-2H3. The Kier molecular flexibility index (Phi) is 3.55. The van der Waals surface area contributed by atoms with Crippen molar-refractivity contribution < 1.29 is 14.3 Å². The molecule has 0 spiro atoms. The van der Waals surface area contributed by atoms with E-state index in [9.17, 15) is 9.90 Å². The number of aliphatic hydroxyl groups excluding tert-OH is 1. The molecule has 1 aliphatic rings. The second-order valence-corrected chi connectivity index (χ2v) is 5.21. The minimum absolute atomic E-state index is 0.0818. The van der Waals surface area contributed by atoms with E-state index < -0.39 is 5.76 Å². The van der Waals surface area contributed by atoms with Crippen LogP contribution in [-0.2, 0) is 13.7 Å². The predicted molar refractivity (Wildman–Crippen MR) is 76.2 cm³/mol. The van der Waals surface area contributed by atoms with Crippen molar-refractivity contribution in [1.82, 2.24) is 9.78 Å². The molecule has 6 nitrogen and oxygen atoms in total. The van der Waals surface area contributed by atoms with E-state index in [1.807, 2.05) is 19.1 Å². The maximum Gasteiger partial charge on any atom is 0.437 e. The third kappa shape index (κ3) is 2.58. The van der Waals surface area contributed by atoms with Gasteiger partial charge in [-0.2, -0.15) is 4.68 Å². The summed E-state index contributed by atoms with van der Waals surface area (Å²) in [4.78, 5) is 11.5. The summed E-state index contributed by atoms with van der Waals surface area (Å²) < 4.78 is 11.9. The zero-order valence-electron chi connectivity index (χ0n) is 12.1. The second-order valence-electron chi connectivity index (χ2n) is 5.21. The summed E-state index contributed by atoms with van der Waals surface area (Å²) in [5.41, 5.74) is 2.58. The average molecular weight is 290 g/mol. The van der Waals surface area contributed by atoms with Crippen molar-refractivity contribution in [2.24, 2.45) is 7.05 Å². The first kappa shape index (κ1) is 13.9. The molecule has 1 fully saturated rings. The normalized spacial score (nSPS) is 14.4. The van der Waals surface area contributed by atoms with Crippen molar-refractivity contribution in [3.63, 3.8) is 0 Å². The fraction of sp³-hybridized carbons (Fsp3) is 0.467. The number of hydrogen-bond donors (Lipinski definition) is 1. The van der Waals surface area contributed by atoms with Crippen LogP contribution in [-0.4, -0.2) is 21.5 Å². The Labute approximate surface area is 122 Å². The van der Waals surface area contributed by atoms with E-state index in [1.165, 1.54) is 4.68 Å². The summed E-state index contributed by atoms with van der Waals surface area (Å²) in [7, 11) is 1.55. The minimum atomic E-state index is -0.490. The van der Waals surface area contributed by atoms with Gasteiger partial charge in [-0.25, -0.2) is 4.79 Å². The second kappa shape index (κ2) is 5.37. The van der Waals surface area contributed by atoms with Gasteiger partial charge in [-0.1, -0.05) is 0 Å². The van der Waals surface area contributed by atoms with E-state index in [-0.39, 0.29) is 6.61 Å². The fourth-order valence-corrected chi connectivity index (χ4v) is 2.43. The summed E-state index contributed by atoms with van der Waals surface area (Å²) >= 11 is 0. The molecule has 0 aliphatic heterocycles. The van der Waals surface area contributed by atoms with Crippen LogP contribution in [0.1, 0.15) is 36.8 Å². The summed E-state index contributed by atoms with van der Waals surface area (Å²) in [6, 6.07) is 3.75. The molecule has 0 saturated heterocycles. The van der Waals surface area contributed by atoms with Crippen molar-refractivity contribution in [3.05, 3.63) is 33.8 Å². The molecule has 1 heterocycles. The lowest BCUT2D eigenvalue weighted by Crippen LogP contribution is -2.09.